The van der Waals surface area contributed by atoms with E-state index in [1.54, 1.807) is 31.4 Å². The Morgan fingerprint density at radius 3 is 2.48 bits per heavy atom. The quantitative estimate of drug-likeness (QED) is 0.336. The van der Waals surface area contributed by atoms with Crippen molar-refractivity contribution in [3.8, 4) is 5.75 Å². The lowest BCUT2D eigenvalue weighted by atomic mass is 9.71. The molecule has 3 N–H and O–H groups in total. The molecule has 1 aromatic heterocycles. The van der Waals surface area contributed by atoms with Gasteiger partial charge in [0, 0.05) is 31.9 Å². The molecule has 0 unspecified atom stereocenters. The van der Waals surface area contributed by atoms with E-state index in [0.717, 1.165) is 43.8 Å². The predicted octanol–water partition coefficient (Wildman–Crippen LogP) is 4.99. The van der Waals surface area contributed by atoms with Crippen LogP contribution in [0.1, 0.15) is 25.7 Å². The molecule has 2 saturated heterocycles. The van der Waals surface area contributed by atoms with Crippen LogP contribution in [0.25, 0.3) is 0 Å². The van der Waals surface area contributed by atoms with Crippen LogP contribution in [0.3, 0.4) is 0 Å². The van der Waals surface area contributed by atoms with Crippen LogP contribution in [0.4, 0.5) is 34.5 Å². The summed E-state index contributed by atoms with van der Waals surface area (Å²) in [5, 5.41) is 10.2. The van der Waals surface area contributed by atoms with E-state index in [1.165, 1.54) is 43.2 Å². The van der Waals surface area contributed by atoms with Gasteiger partial charge in [0.05, 0.1) is 36.6 Å². The zero-order valence-electron chi connectivity index (χ0n) is 23.1. The summed E-state index contributed by atoms with van der Waals surface area (Å²) in [6, 6.07) is 13.2. The predicted molar refractivity (Wildman–Crippen MR) is 162 cm³/mol. The second kappa shape index (κ2) is 11.7. The van der Waals surface area contributed by atoms with Gasteiger partial charge in [-0.3, -0.25) is 4.31 Å². The number of hydrogen-bond donors (Lipinski definition) is 3. The molecule has 0 saturated carbocycles. The third kappa shape index (κ3) is 6.21. The Labute approximate surface area is 241 Å². The summed E-state index contributed by atoms with van der Waals surface area (Å²) in [5.41, 5.74) is 3.36. The van der Waals surface area contributed by atoms with Gasteiger partial charge >= 0.3 is 0 Å². The molecule has 0 bridgehead atoms. The molecular formula is C28H36ClN7O3S. The highest BCUT2D eigenvalue weighted by atomic mass is 35.5. The van der Waals surface area contributed by atoms with E-state index in [2.05, 4.69) is 43.0 Å². The normalized spacial score (nSPS) is 16.9. The Morgan fingerprint density at radius 1 is 1.05 bits per heavy atom. The molecule has 3 heterocycles. The van der Waals surface area contributed by atoms with Gasteiger partial charge in [-0.25, -0.2) is 13.4 Å². The number of sulfonamides is 1. The minimum absolute atomic E-state index is 0.293. The van der Waals surface area contributed by atoms with Crippen LogP contribution in [-0.2, 0) is 10.0 Å². The highest BCUT2D eigenvalue weighted by molar-refractivity contribution is 7.92. The van der Waals surface area contributed by atoms with Crippen molar-refractivity contribution >= 4 is 56.1 Å². The van der Waals surface area contributed by atoms with Crippen LogP contribution in [0.2, 0.25) is 5.02 Å². The van der Waals surface area contributed by atoms with Gasteiger partial charge in [0.1, 0.15) is 10.8 Å². The number of para-hydroxylation sites is 2. The van der Waals surface area contributed by atoms with Crippen LogP contribution >= 0.6 is 11.6 Å². The van der Waals surface area contributed by atoms with Crippen LogP contribution in [-0.4, -0.2) is 65.0 Å². The van der Waals surface area contributed by atoms with Crippen molar-refractivity contribution in [2.75, 3.05) is 66.4 Å². The van der Waals surface area contributed by atoms with Crippen LogP contribution in [0.15, 0.2) is 48.7 Å². The summed E-state index contributed by atoms with van der Waals surface area (Å²) in [6.45, 7) is 4.34. The summed E-state index contributed by atoms with van der Waals surface area (Å²) >= 11 is 6.41. The molecule has 2 aliphatic rings. The zero-order chi connectivity index (χ0) is 28.3. The molecule has 0 radical (unpaired) electrons. The number of piperidine rings is 2. The number of ether oxygens (including phenoxy) is 1. The Balaban J connectivity index is 1.32. The molecule has 2 aliphatic heterocycles. The molecular weight excluding hydrogens is 550 g/mol. The molecule has 0 aliphatic carbocycles. The third-order valence-corrected chi connectivity index (χ3v) is 9.49. The third-order valence-electron chi connectivity index (χ3n) is 8.02. The van der Waals surface area contributed by atoms with E-state index < -0.39 is 10.0 Å². The van der Waals surface area contributed by atoms with E-state index >= 15 is 0 Å². The zero-order valence-corrected chi connectivity index (χ0v) is 24.6. The average molecular weight is 586 g/mol. The van der Waals surface area contributed by atoms with Crippen molar-refractivity contribution in [2.24, 2.45) is 5.41 Å². The second-order valence-corrected chi connectivity index (χ2v) is 12.9. The van der Waals surface area contributed by atoms with Crippen LogP contribution < -0.4 is 29.9 Å². The molecule has 214 valence electrons. The maximum Gasteiger partial charge on any atom is 0.232 e. The first-order valence-electron chi connectivity index (χ1n) is 13.4. The molecule has 0 atom stereocenters. The summed E-state index contributed by atoms with van der Waals surface area (Å²) in [7, 11) is -0.317. The monoisotopic (exact) mass is 585 g/mol. The summed E-state index contributed by atoms with van der Waals surface area (Å²) in [4.78, 5) is 11.3. The number of benzene rings is 2. The molecule has 1 spiro atoms. The lowest BCUT2D eigenvalue weighted by molar-refractivity contribution is 0.155. The Morgan fingerprint density at radius 2 is 1.77 bits per heavy atom. The topological polar surface area (TPSA) is 112 Å². The highest BCUT2D eigenvalue weighted by Gasteiger charge is 2.35. The van der Waals surface area contributed by atoms with Gasteiger partial charge in [0.15, 0.2) is 5.82 Å². The van der Waals surface area contributed by atoms with Crippen molar-refractivity contribution in [1.82, 2.24) is 15.3 Å². The molecule has 0 amide bonds. The van der Waals surface area contributed by atoms with Gasteiger partial charge in [0.2, 0.25) is 16.0 Å². The van der Waals surface area contributed by atoms with Crippen LogP contribution in [0, 0.1) is 5.41 Å². The number of hydrogen-bond acceptors (Lipinski definition) is 9. The maximum absolute atomic E-state index is 12.1. The van der Waals surface area contributed by atoms with Crippen molar-refractivity contribution in [1.29, 1.82) is 0 Å². The largest absolute Gasteiger partial charge is 0.494 e. The van der Waals surface area contributed by atoms with Gasteiger partial charge < -0.3 is 25.6 Å². The van der Waals surface area contributed by atoms with Gasteiger partial charge in [-0.05, 0) is 68.5 Å². The van der Waals surface area contributed by atoms with Gasteiger partial charge in [0.25, 0.3) is 0 Å². The summed E-state index contributed by atoms with van der Waals surface area (Å²) in [6.07, 6.45) is 7.62. The Hall–Kier alpha value is -3.28. The lowest BCUT2D eigenvalue weighted by Crippen LogP contribution is -2.45. The molecule has 3 aromatic rings. The standard InChI is InChI=1S/C28H36ClN7O3S/c1-35(40(3,37)38)24-7-5-4-6-22(24)32-26-21(29)19-31-27(34-26)33-23-9-8-20(18-25(23)39-2)36-16-12-28(13-17-36)10-14-30-15-11-28/h4-9,18-19,30H,10-17H2,1-3H3,(H2,31,32,33,34). The minimum atomic E-state index is -3.46. The Bertz CT molecular complexity index is 1450. The second-order valence-electron chi connectivity index (χ2n) is 10.5. The number of nitrogens with zero attached hydrogens (tertiary/aromatic N) is 4. The van der Waals surface area contributed by atoms with Gasteiger partial charge in [-0.2, -0.15) is 4.98 Å². The number of halogens is 1. The first-order valence-corrected chi connectivity index (χ1v) is 15.6. The number of rotatable bonds is 8. The first-order chi connectivity index (χ1) is 19.2. The number of nitrogens with one attached hydrogen (secondary N) is 3. The van der Waals surface area contributed by atoms with Crippen LogP contribution in [0.5, 0.6) is 5.75 Å². The highest BCUT2D eigenvalue weighted by Crippen LogP contribution is 2.41. The smallest absolute Gasteiger partial charge is 0.232 e. The molecule has 2 fully saturated rings. The molecule has 10 nitrogen and oxygen atoms in total. The lowest BCUT2D eigenvalue weighted by Gasteiger charge is -2.45. The maximum atomic E-state index is 12.1. The Kier molecular flexibility index (Phi) is 8.25. The van der Waals surface area contributed by atoms with E-state index in [0.29, 0.717) is 39.3 Å². The number of anilines is 6. The van der Waals surface area contributed by atoms with Gasteiger partial charge in [-0.15, -0.1) is 0 Å². The van der Waals surface area contributed by atoms with Crippen molar-refractivity contribution in [2.45, 2.75) is 25.7 Å². The van der Waals surface area contributed by atoms with E-state index in [9.17, 15) is 8.42 Å². The molecule has 2 aromatic carbocycles. The minimum Gasteiger partial charge on any atom is -0.494 e. The summed E-state index contributed by atoms with van der Waals surface area (Å²) in [5.74, 6) is 1.34. The van der Waals surface area contributed by atoms with Crippen molar-refractivity contribution in [3.63, 3.8) is 0 Å². The fourth-order valence-corrected chi connectivity index (χ4v) is 6.13. The first kappa shape index (κ1) is 28.3. The molecule has 40 heavy (non-hydrogen) atoms. The molecule has 5 rings (SSSR count). The fraction of sp³-hybridized carbons (Fsp3) is 0.429. The number of methoxy groups -OCH3 is 1. The molecule has 12 heteroatoms. The van der Waals surface area contributed by atoms with E-state index in [1.807, 2.05) is 6.07 Å². The van der Waals surface area contributed by atoms with Gasteiger partial charge in [-0.1, -0.05) is 23.7 Å². The average Bonchev–Trinajstić information content (AvgIpc) is 2.95. The van der Waals surface area contributed by atoms with E-state index in [-0.39, 0.29) is 0 Å². The summed E-state index contributed by atoms with van der Waals surface area (Å²) < 4.78 is 31.2. The SMILES string of the molecule is COc1cc(N2CCC3(CCNCC3)CC2)ccc1Nc1ncc(Cl)c(Nc2ccccc2N(C)S(C)(=O)=O)n1. The van der Waals surface area contributed by atoms with Crippen molar-refractivity contribution in [3.05, 3.63) is 53.7 Å². The van der Waals surface area contributed by atoms with Crippen molar-refractivity contribution < 1.29 is 13.2 Å². The van der Waals surface area contributed by atoms with E-state index in [4.69, 9.17) is 16.3 Å². The fourth-order valence-electron chi connectivity index (χ4n) is 5.47. The number of aromatic nitrogens is 2.